The number of hydrogen-bond acceptors (Lipinski definition) is 8. The fourth-order valence-electron chi connectivity index (χ4n) is 3.18. The van der Waals surface area contributed by atoms with Gasteiger partial charge in [0.15, 0.2) is 17.3 Å². The quantitative estimate of drug-likeness (QED) is 0.409. The van der Waals surface area contributed by atoms with E-state index in [9.17, 15) is 10.1 Å². The third-order valence-corrected chi connectivity index (χ3v) is 7.30. The van der Waals surface area contributed by atoms with E-state index < -0.39 is 5.92 Å². The van der Waals surface area contributed by atoms with Crippen molar-refractivity contribution in [1.29, 1.82) is 10.7 Å². The molecule has 1 fully saturated rings. The third-order valence-electron chi connectivity index (χ3n) is 4.78. The number of halogens is 1. The molecule has 9 heteroatoms. The van der Waals surface area contributed by atoms with Crippen LogP contribution in [0.15, 0.2) is 57.4 Å². The summed E-state index contributed by atoms with van der Waals surface area (Å²) in [6.07, 6.45) is 3.39. The number of aromatic nitrogens is 1. The zero-order valence-electron chi connectivity index (χ0n) is 16.8. The van der Waals surface area contributed by atoms with E-state index in [1.165, 1.54) is 11.3 Å². The van der Waals surface area contributed by atoms with Gasteiger partial charge in [-0.25, -0.2) is 4.98 Å². The zero-order chi connectivity index (χ0) is 22.7. The Hall–Kier alpha value is -2.93. The highest BCUT2D eigenvalue weighted by atomic mass is 79.9. The molecular formula is C23H16BrN3O3S2. The number of carbonyl (C=O) groups excluding carboxylic acids is 1. The van der Waals surface area contributed by atoms with E-state index in [2.05, 4.69) is 27.0 Å². The van der Waals surface area contributed by atoms with Crippen molar-refractivity contribution in [1.82, 2.24) is 4.98 Å². The molecule has 0 bridgehead atoms. The van der Waals surface area contributed by atoms with Crippen LogP contribution in [0.5, 0.6) is 11.5 Å². The van der Waals surface area contributed by atoms with Gasteiger partial charge in [0.1, 0.15) is 17.5 Å². The van der Waals surface area contributed by atoms with Crippen LogP contribution in [0.25, 0.3) is 6.08 Å². The first-order chi connectivity index (χ1) is 15.5. The van der Waals surface area contributed by atoms with Crippen LogP contribution in [0.4, 0.5) is 0 Å². The Bertz CT molecular complexity index is 1270. The maximum Gasteiger partial charge on any atom is 0.186 e. The molecule has 1 aliphatic heterocycles. The van der Waals surface area contributed by atoms with Crippen molar-refractivity contribution in [3.8, 4) is 17.6 Å². The Balaban J connectivity index is 1.59. The molecule has 0 saturated carbocycles. The van der Waals surface area contributed by atoms with Crippen molar-refractivity contribution >= 4 is 55.9 Å². The van der Waals surface area contributed by atoms with Gasteiger partial charge in [-0.05, 0) is 29.8 Å². The first-order valence-corrected chi connectivity index (χ1v) is 11.9. The van der Waals surface area contributed by atoms with Gasteiger partial charge in [-0.2, -0.15) is 5.26 Å². The fourth-order valence-corrected chi connectivity index (χ4v) is 5.41. The highest BCUT2D eigenvalue weighted by Crippen LogP contribution is 2.43. The van der Waals surface area contributed by atoms with Crippen LogP contribution >= 0.6 is 39.0 Å². The lowest BCUT2D eigenvalue weighted by Crippen LogP contribution is -2.11. The van der Waals surface area contributed by atoms with Gasteiger partial charge in [0, 0.05) is 21.6 Å². The highest BCUT2D eigenvalue weighted by molar-refractivity contribution is 9.10. The number of carbonyl (C=O) groups is 1. The van der Waals surface area contributed by atoms with Crippen molar-refractivity contribution in [2.75, 3.05) is 7.11 Å². The fraction of sp³-hybridized carbons (Fsp3) is 0.130. The molecule has 0 spiro atoms. The van der Waals surface area contributed by atoms with E-state index in [-0.39, 0.29) is 17.4 Å². The smallest absolute Gasteiger partial charge is 0.186 e. The standard InChI is InChI=1S/C23H16BrN3O3S2/c1-29-17-8-15(9-19-21(28)20(22(26)32-19)23-27-6-7-31-23)16(24)10-18(17)30-12-14-5-3-2-4-13(14)11-25/h2-10,20,26H,12H2,1H3/b19-9-,26-22?/t20-/m0/s1. The monoisotopic (exact) mass is 525 g/mol. The Morgan fingerprint density at radius 1 is 1.31 bits per heavy atom. The normalized spacial score (nSPS) is 16.9. The largest absolute Gasteiger partial charge is 0.493 e. The lowest BCUT2D eigenvalue weighted by Gasteiger charge is -2.13. The number of Topliss-reactive ketones (excluding diaryl/α,β-unsaturated/α-hetero) is 1. The van der Waals surface area contributed by atoms with E-state index in [0.29, 0.717) is 31.4 Å². The molecule has 0 unspecified atom stereocenters. The molecule has 1 atom stereocenters. The number of thioether (sulfide) groups is 1. The maximum absolute atomic E-state index is 12.9. The van der Waals surface area contributed by atoms with Gasteiger partial charge in [0.2, 0.25) is 0 Å². The van der Waals surface area contributed by atoms with Gasteiger partial charge in [0.25, 0.3) is 0 Å². The summed E-state index contributed by atoms with van der Waals surface area (Å²) in [5.41, 5.74) is 2.06. The molecule has 2 heterocycles. The van der Waals surface area contributed by atoms with Crippen molar-refractivity contribution in [2.24, 2.45) is 0 Å². The number of ether oxygens (including phenoxy) is 2. The number of rotatable bonds is 6. The van der Waals surface area contributed by atoms with E-state index in [1.54, 1.807) is 43.0 Å². The molecule has 0 amide bonds. The van der Waals surface area contributed by atoms with Gasteiger partial charge in [-0.3, -0.25) is 10.2 Å². The van der Waals surface area contributed by atoms with Crippen molar-refractivity contribution in [2.45, 2.75) is 12.5 Å². The summed E-state index contributed by atoms with van der Waals surface area (Å²) < 4.78 is 12.1. The van der Waals surface area contributed by atoms with Gasteiger partial charge in [-0.1, -0.05) is 45.9 Å². The molecule has 1 saturated heterocycles. The third kappa shape index (κ3) is 4.48. The number of nitriles is 1. The van der Waals surface area contributed by atoms with Crippen LogP contribution in [0.2, 0.25) is 0 Å². The second-order valence-corrected chi connectivity index (χ2v) is 9.59. The second kappa shape index (κ2) is 9.69. The average Bonchev–Trinajstić information content (AvgIpc) is 3.41. The highest BCUT2D eigenvalue weighted by Gasteiger charge is 2.38. The minimum atomic E-state index is -0.630. The summed E-state index contributed by atoms with van der Waals surface area (Å²) >= 11 is 6.07. The predicted molar refractivity (Wildman–Crippen MR) is 129 cm³/mol. The van der Waals surface area contributed by atoms with Gasteiger partial charge in [-0.15, -0.1) is 11.3 Å². The molecule has 3 aromatic rings. The number of hydrogen-bond donors (Lipinski definition) is 1. The van der Waals surface area contributed by atoms with Crippen molar-refractivity contribution < 1.29 is 14.3 Å². The van der Waals surface area contributed by atoms with Crippen LogP contribution in [-0.2, 0) is 11.4 Å². The number of nitrogens with one attached hydrogen (secondary N) is 1. The molecule has 4 rings (SSSR count). The molecule has 1 N–H and O–H groups in total. The molecule has 1 aliphatic rings. The lowest BCUT2D eigenvalue weighted by atomic mass is 10.0. The number of nitrogens with zero attached hydrogens (tertiary/aromatic N) is 2. The summed E-state index contributed by atoms with van der Waals surface area (Å²) in [5, 5.41) is 20.2. The number of methoxy groups -OCH3 is 1. The van der Waals surface area contributed by atoms with Crippen LogP contribution in [-0.4, -0.2) is 22.9 Å². The van der Waals surface area contributed by atoms with E-state index in [0.717, 1.165) is 22.9 Å². The molecule has 0 radical (unpaired) electrons. The molecule has 1 aromatic heterocycles. The molecule has 2 aromatic carbocycles. The van der Waals surface area contributed by atoms with Crippen molar-refractivity contribution in [3.05, 3.63) is 79.1 Å². The van der Waals surface area contributed by atoms with Gasteiger partial charge in [0.05, 0.1) is 28.7 Å². The van der Waals surface area contributed by atoms with E-state index in [1.807, 2.05) is 18.2 Å². The minimum Gasteiger partial charge on any atom is -0.493 e. The number of thiazole rings is 1. The Morgan fingerprint density at radius 3 is 2.84 bits per heavy atom. The van der Waals surface area contributed by atoms with E-state index >= 15 is 0 Å². The Morgan fingerprint density at radius 2 is 2.12 bits per heavy atom. The van der Waals surface area contributed by atoms with Crippen LogP contribution in [0.3, 0.4) is 0 Å². The lowest BCUT2D eigenvalue weighted by molar-refractivity contribution is -0.114. The first-order valence-electron chi connectivity index (χ1n) is 9.41. The topological polar surface area (TPSA) is 96.1 Å². The first kappa shape index (κ1) is 22.3. The number of ketones is 1. The maximum atomic E-state index is 12.9. The van der Waals surface area contributed by atoms with E-state index in [4.69, 9.17) is 14.9 Å². The van der Waals surface area contributed by atoms with Crippen LogP contribution in [0.1, 0.15) is 27.6 Å². The number of benzene rings is 2. The predicted octanol–water partition coefficient (Wildman–Crippen LogP) is 5.78. The average molecular weight is 526 g/mol. The van der Waals surface area contributed by atoms with Gasteiger partial charge < -0.3 is 9.47 Å². The van der Waals surface area contributed by atoms with Crippen LogP contribution in [0, 0.1) is 16.7 Å². The SMILES string of the molecule is COc1cc(/C=C2\SC(=N)[C@@H](c3nccs3)C2=O)c(Br)cc1OCc1ccccc1C#N. The second-order valence-electron chi connectivity index (χ2n) is 6.72. The summed E-state index contributed by atoms with van der Waals surface area (Å²) in [7, 11) is 1.54. The molecule has 6 nitrogen and oxygen atoms in total. The Labute approximate surface area is 201 Å². The summed E-state index contributed by atoms with van der Waals surface area (Å²) in [5.74, 6) is 0.244. The van der Waals surface area contributed by atoms with Gasteiger partial charge >= 0.3 is 0 Å². The van der Waals surface area contributed by atoms with Crippen molar-refractivity contribution in [3.63, 3.8) is 0 Å². The van der Waals surface area contributed by atoms with Crippen LogP contribution < -0.4 is 9.47 Å². The molecule has 160 valence electrons. The minimum absolute atomic E-state index is 0.130. The summed E-state index contributed by atoms with van der Waals surface area (Å²) in [4.78, 5) is 17.6. The number of allylic oxidation sites excluding steroid dienone is 1. The Kier molecular flexibility index (Phi) is 6.74. The molecular weight excluding hydrogens is 510 g/mol. The summed E-state index contributed by atoms with van der Waals surface area (Å²) in [6.45, 7) is 0.216. The molecule has 0 aliphatic carbocycles. The summed E-state index contributed by atoms with van der Waals surface area (Å²) in [6, 6.07) is 13.0. The molecule has 32 heavy (non-hydrogen) atoms. The zero-order valence-corrected chi connectivity index (χ0v) is 20.0.